The van der Waals surface area contributed by atoms with E-state index in [1.165, 1.54) is 39.3 Å². The van der Waals surface area contributed by atoms with E-state index in [2.05, 4.69) is 61.6 Å². The van der Waals surface area contributed by atoms with Gasteiger partial charge >= 0.3 is 0 Å². The summed E-state index contributed by atoms with van der Waals surface area (Å²) < 4.78 is 0. The van der Waals surface area contributed by atoms with Gasteiger partial charge in [0.1, 0.15) is 0 Å². The van der Waals surface area contributed by atoms with E-state index >= 15 is 0 Å². The smallest absolute Gasteiger partial charge is 0.0219 e. The van der Waals surface area contributed by atoms with Crippen LogP contribution in [0.1, 0.15) is 29.5 Å². The van der Waals surface area contributed by atoms with Crippen molar-refractivity contribution in [2.45, 2.75) is 49.1 Å². The van der Waals surface area contributed by atoms with E-state index in [0.29, 0.717) is 0 Å². The fraction of sp³-hybridized carbons (Fsp3) is 0.333. The molecule has 2 aromatic rings. The second-order valence-corrected chi connectivity index (χ2v) is 6.80. The van der Waals surface area contributed by atoms with Crippen LogP contribution in [0.3, 0.4) is 0 Å². The topological polar surface area (TPSA) is 12.0 Å². The van der Waals surface area contributed by atoms with Crippen molar-refractivity contribution in [2.24, 2.45) is 0 Å². The molecule has 1 nitrogen and oxygen atoms in total. The van der Waals surface area contributed by atoms with Crippen molar-refractivity contribution in [3.8, 4) is 0 Å². The lowest BCUT2D eigenvalue weighted by Crippen LogP contribution is -2.15. The van der Waals surface area contributed by atoms with Gasteiger partial charge in [0.2, 0.25) is 0 Å². The third kappa shape index (κ3) is 3.65. The predicted molar refractivity (Wildman–Crippen MR) is 86.3 cm³/mol. The molecule has 0 aromatic heterocycles. The average Bonchev–Trinajstić information content (AvgIpc) is 3.25. The van der Waals surface area contributed by atoms with Crippen LogP contribution in [-0.4, -0.2) is 6.04 Å². The highest BCUT2D eigenvalue weighted by Gasteiger charge is 2.20. The Morgan fingerprint density at radius 3 is 2.40 bits per heavy atom. The van der Waals surface area contributed by atoms with E-state index in [0.717, 1.165) is 12.6 Å². The molecule has 20 heavy (non-hydrogen) atoms. The van der Waals surface area contributed by atoms with Crippen molar-refractivity contribution >= 4 is 11.8 Å². The molecular formula is C18H21NS. The Balaban J connectivity index is 1.77. The van der Waals surface area contributed by atoms with Crippen LogP contribution in [0.2, 0.25) is 0 Å². The number of hydrogen-bond acceptors (Lipinski definition) is 2. The van der Waals surface area contributed by atoms with E-state index in [4.69, 9.17) is 0 Å². The predicted octanol–water partition coefficient (Wildman–Crippen LogP) is 4.71. The van der Waals surface area contributed by atoms with Crippen LogP contribution in [0, 0.1) is 13.8 Å². The highest BCUT2D eigenvalue weighted by molar-refractivity contribution is 7.99. The monoisotopic (exact) mass is 283 g/mol. The summed E-state index contributed by atoms with van der Waals surface area (Å²) >= 11 is 1.86. The van der Waals surface area contributed by atoms with Gasteiger partial charge in [0.15, 0.2) is 0 Å². The van der Waals surface area contributed by atoms with E-state index in [-0.39, 0.29) is 0 Å². The Labute approximate surface area is 125 Å². The van der Waals surface area contributed by atoms with Crippen LogP contribution in [0.5, 0.6) is 0 Å². The number of benzene rings is 2. The number of aryl methyl sites for hydroxylation is 2. The van der Waals surface area contributed by atoms with Gasteiger partial charge in [0.05, 0.1) is 0 Å². The van der Waals surface area contributed by atoms with Gasteiger partial charge in [-0.25, -0.2) is 0 Å². The maximum atomic E-state index is 3.62. The quantitative estimate of drug-likeness (QED) is 0.853. The molecule has 0 unspecified atom stereocenters. The minimum atomic E-state index is 0.757. The fourth-order valence-corrected chi connectivity index (χ4v) is 3.15. The molecule has 0 radical (unpaired) electrons. The summed E-state index contributed by atoms with van der Waals surface area (Å²) in [5.41, 5.74) is 4.07. The highest BCUT2D eigenvalue weighted by Crippen LogP contribution is 2.31. The Bertz CT molecular complexity index is 585. The van der Waals surface area contributed by atoms with Crippen LogP contribution in [0.4, 0.5) is 0 Å². The second kappa shape index (κ2) is 6.02. The maximum absolute atomic E-state index is 3.62. The minimum absolute atomic E-state index is 0.757. The van der Waals surface area contributed by atoms with E-state index in [1.807, 2.05) is 11.8 Å². The van der Waals surface area contributed by atoms with Crippen LogP contribution in [0.25, 0.3) is 0 Å². The highest BCUT2D eigenvalue weighted by atomic mass is 32.2. The first kappa shape index (κ1) is 13.7. The van der Waals surface area contributed by atoms with Crippen LogP contribution >= 0.6 is 11.8 Å². The standard InChI is InChI=1S/C18H21NS/c1-13-3-8-17(9-4-13)20-18-10-5-14(2)11-15(18)12-19-16-6-7-16/h3-5,8-11,16,19H,6-7,12H2,1-2H3. The zero-order valence-corrected chi connectivity index (χ0v) is 13.0. The lowest BCUT2D eigenvalue weighted by molar-refractivity contribution is 0.680. The van der Waals surface area contributed by atoms with Crippen LogP contribution in [0.15, 0.2) is 52.3 Å². The van der Waals surface area contributed by atoms with E-state index in [9.17, 15) is 0 Å². The molecule has 2 aromatic carbocycles. The number of nitrogens with one attached hydrogen (secondary N) is 1. The fourth-order valence-electron chi connectivity index (χ4n) is 2.22. The lowest BCUT2D eigenvalue weighted by Gasteiger charge is -2.11. The van der Waals surface area contributed by atoms with Gasteiger partial charge in [-0.15, -0.1) is 0 Å². The van der Waals surface area contributed by atoms with Gasteiger partial charge in [0, 0.05) is 22.4 Å². The third-order valence-corrected chi connectivity index (χ3v) is 4.75. The number of rotatable bonds is 5. The third-order valence-electron chi connectivity index (χ3n) is 3.62. The van der Waals surface area contributed by atoms with Crippen molar-refractivity contribution in [1.29, 1.82) is 0 Å². The molecule has 1 fully saturated rings. The summed E-state index contributed by atoms with van der Waals surface area (Å²) in [7, 11) is 0. The first-order valence-electron chi connectivity index (χ1n) is 7.28. The molecule has 0 heterocycles. The molecule has 1 aliphatic rings. The summed E-state index contributed by atoms with van der Waals surface area (Å²) in [6.07, 6.45) is 2.68. The van der Waals surface area contributed by atoms with Crippen molar-refractivity contribution in [1.82, 2.24) is 5.32 Å². The van der Waals surface area contributed by atoms with Gasteiger partial charge in [-0.2, -0.15) is 0 Å². The molecule has 0 saturated heterocycles. The largest absolute Gasteiger partial charge is 0.310 e. The minimum Gasteiger partial charge on any atom is -0.310 e. The molecule has 1 N–H and O–H groups in total. The van der Waals surface area contributed by atoms with Gasteiger partial charge < -0.3 is 5.32 Å². The molecule has 1 aliphatic carbocycles. The zero-order valence-electron chi connectivity index (χ0n) is 12.1. The Kier molecular flexibility index (Phi) is 4.13. The summed E-state index contributed by atoms with van der Waals surface area (Å²) in [5, 5.41) is 3.62. The van der Waals surface area contributed by atoms with Gasteiger partial charge in [0.25, 0.3) is 0 Å². The molecule has 104 valence electrons. The first-order chi connectivity index (χ1) is 9.70. The Hall–Kier alpha value is -1.25. The van der Waals surface area contributed by atoms with Crippen LogP contribution in [-0.2, 0) is 6.54 Å². The van der Waals surface area contributed by atoms with E-state index in [1.54, 1.807) is 0 Å². The molecule has 0 spiro atoms. The molecule has 2 heteroatoms. The van der Waals surface area contributed by atoms with Gasteiger partial charge in [-0.05, 0) is 50.5 Å². The van der Waals surface area contributed by atoms with Gasteiger partial charge in [-0.1, -0.05) is 47.2 Å². The van der Waals surface area contributed by atoms with Crippen molar-refractivity contribution in [2.75, 3.05) is 0 Å². The average molecular weight is 283 g/mol. The zero-order chi connectivity index (χ0) is 13.9. The molecular weight excluding hydrogens is 262 g/mol. The van der Waals surface area contributed by atoms with Crippen LogP contribution < -0.4 is 5.32 Å². The summed E-state index contributed by atoms with van der Waals surface area (Å²) in [6.45, 7) is 5.28. The Morgan fingerprint density at radius 1 is 1.00 bits per heavy atom. The Morgan fingerprint density at radius 2 is 1.70 bits per heavy atom. The second-order valence-electron chi connectivity index (χ2n) is 5.68. The van der Waals surface area contributed by atoms with Crippen molar-refractivity contribution in [3.05, 3.63) is 59.2 Å². The molecule has 1 saturated carbocycles. The molecule has 3 rings (SSSR count). The molecule has 0 bridgehead atoms. The lowest BCUT2D eigenvalue weighted by atomic mass is 10.1. The molecule has 0 amide bonds. The summed E-state index contributed by atoms with van der Waals surface area (Å²) in [5.74, 6) is 0. The van der Waals surface area contributed by atoms with Crippen molar-refractivity contribution in [3.63, 3.8) is 0 Å². The molecule has 0 aliphatic heterocycles. The van der Waals surface area contributed by atoms with E-state index < -0.39 is 0 Å². The first-order valence-corrected chi connectivity index (χ1v) is 8.10. The number of hydrogen-bond donors (Lipinski definition) is 1. The maximum Gasteiger partial charge on any atom is 0.0219 e. The SMILES string of the molecule is Cc1ccc(Sc2ccc(C)cc2CNC2CC2)cc1. The molecule has 0 atom stereocenters. The van der Waals surface area contributed by atoms with Crippen molar-refractivity contribution < 1.29 is 0 Å². The summed E-state index contributed by atoms with van der Waals surface area (Å²) in [6, 6.07) is 16.3. The van der Waals surface area contributed by atoms with Gasteiger partial charge in [-0.3, -0.25) is 0 Å². The normalized spacial score (nSPS) is 14.5. The summed E-state index contributed by atoms with van der Waals surface area (Å²) in [4.78, 5) is 2.68.